The largest absolute Gasteiger partial charge is 0.238 e. The molecule has 0 radical (unpaired) electrons. The van der Waals surface area contributed by atoms with Gasteiger partial charge in [0.2, 0.25) is 0 Å². The topological polar surface area (TPSA) is 23.8 Å². The fraction of sp³-hybridized carbons (Fsp3) is 0.375. The maximum atomic E-state index is 13.2. The zero-order chi connectivity index (χ0) is 7.61. The van der Waals surface area contributed by atoms with Crippen LogP contribution in [0.4, 0.5) is 4.39 Å². The number of nitrogens with zero attached hydrogens (tertiary/aromatic N) is 1. The van der Waals surface area contributed by atoms with E-state index in [2.05, 4.69) is 0 Å². The molecule has 1 nitrogen and oxygen atoms in total. The van der Waals surface area contributed by atoms with E-state index in [0.29, 0.717) is 0 Å². The Balaban J connectivity index is 2.87. The number of rotatable bonds is 0. The molecule has 0 saturated carbocycles. The molecule has 1 rings (SSSR count). The highest BCUT2D eigenvalue weighted by atomic mass is 19.1. The highest BCUT2D eigenvalue weighted by Gasteiger charge is 2.30. The van der Waals surface area contributed by atoms with Crippen molar-refractivity contribution in [1.29, 1.82) is 5.26 Å². The van der Waals surface area contributed by atoms with E-state index in [1.165, 1.54) is 13.0 Å². The third-order valence-corrected chi connectivity index (χ3v) is 1.58. The van der Waals surface area contributed by atoms with Crippen molar-refractivity contribution in [3.05, 3.63) is 24.3 Å². The summed E-state index contributed by atoms with van der Waals surface area (Å²) in [5.74, 6) is -0.627. The van der Waals surface area contributed by atoms with E-state index in [1.54, 1.807) is 18.2 Å². The van der Waals surface area contributed by atoms with E-state index in [1.807, 2.05) is 6.07 Å². The van der Waals surface area contributed by atoms with E-state index in [-0.39, 0.29) is 0 Å². The van der Waals surface area contributed by atoms with Gasteiger partial charge in [-0.15, -0.1) is 0 Å². The Bertz CT molecular complexity index is 220. The average molecular weight is 137 g/mol. The molecule has 2 heteroatoms. The quantitative estimate of drug-likeness (QED) is 0.500. The SMILES string of the molecule is CC1(F)C=CC=CC1C#N. The third-order valence-electron chi connectivity index (χ3n) is 1.58. The first-order chi connectivity index (χ1) is 4.67. The zero-order valence-corrected chi connectivity index (χ0v) is 5.71. The molecular weight excluding hydrogens is 129 g/mol. The summed E-state index contributed by atoms with van der Waals surface area (Å²) in [6, 6.07) is 1.88. The van der Waals surface area contributed by atoms with E-state index in [4.69, 9.17) is 5.26 Å². The monoisotopic (exact) mass is 137 g/mol. The summed E-state index contributed by atoms with van der Waals surface area (Å²) in [7, 11) is 0. The molecule has 0 fully saturated rings. The first kappa shape index (κ1) is 7.01. The molecule has 0 aromatic carbocycles. The van der Waals surface area contributed by atoms with Gasteiger partial charge in [-0.25, -0.2) is 4.39 Å². The average Bonchev–Trinajstić information content (AvgIpc) is 1.87. The van der Waals surface area contributed by atoms with Crippen molar-refractivity contribution in [2.24, 2.45) is 5.92 Å². The fourth-order valence-electron chi connectivity index (χ4n) is 0.880. The molecule has 0 aliphatic heterocycles. The molecule has 0 spiro atoms. The minimum Gasteiger partial charge on any atom is -0.238 e. The van der Waals surface area contributed by atoms with Gasteiger partial charge in [0.05, 0.1) is 6.07 Å². The molecule has 0 saturated heterocycles. The summed E-state index contributed by atoms with van der Waals surface area (Å²) < 4.78 is 13.2. The Labute approximate surface area is 59.5 Å². The molecular formula is C8H8FN. The number of halogens is 1. The van der Waals surface area contributed by atoms with Gasteiger partial charge in [0.1, 0.15) is 11.6 Å². The number of alkyl halides is 1. The molecule has 0 bridgehead atoms. The molecule has 52 valence electrons. The Kier molecular flexibility index (Phi) is 1.58. The van der Waals surface area contributed by atoms with Gasteiger partial charge in [0, 0.05) is 0 Å². The number of hydrogen-bond acceptors (Lipinski definition) is 1. The summed E-state index contributed by atoms with van der Waals surface area (Å²) in [5, 5.41) is 8.45. The van der Waals surface area contributed by atoms with Crippen LogP contribution in [0.5, 0.6) is 0 Å². The van der Waals surface area contributed by atoms with Crippen LogP contribution in [0.15, 0.2) is 24.3 Å². The maximum absolute atomic E-state index is 13.2. The van der Waals surface area contributed by atoms with Crippen LogP contribution in [0, 0.1) is 17.2 Å². The molecule has 2 atom stereocenters. The van der Waals surface area contributed by atoms with Crippen molar-refractivity contribution < 1.29 is 4.39 Å². The minimum atomic E-state index is -1.48. The van der Waals surface area contributed by atoms with Crippen LogP contribution in [-0.4, -0.2) is 5.67 Å². The van der Waals surface area contributed by atoms with Crippen LogP contribution in [0.1, 0.15) is 6.92 Å². The lowest BCUT2D eigenvalue weighted by Gasteiger charge is -2.20. The molecule has 0 N–H and O–H groups in total. The van der Waals surface area contributed by atoms with E-state index < -0.39 is 11.6 Å². The lowest BCUT2D eigenvalue weighted by atomic mass is 9.88. The van der Waals surface area contributed by atoms with Crippen LogP contribution in [0.2, 0.25) is 0 Å². The lowest BCUT2D eigenvalue weighted by Crippen LogP contribution is -2.25. The number of nitriles is 1. The molecule has 0 aromatic rings. The van der Waals surface area contributed by atoms with Gasteiger partial charge >= 0.3 is 0 Å². The van der Waals surface area contributed by atoms with E-state index in [0.717, 1.165) is 0 Å². The van der Waals surface area contributed by atoms with Crippen molar-refractivity contribution >= 4 is 0 Å². The Morgan fingerprint density at radius 1 is 1.60 bits per heavy atom. The van der Waals surface area contributed by atoms with Crippen molar-refractivity contribution in [1.82, 2.24) is 0 Å². The maximum Gasteiger partial charge on any atom is 0.145 e. The third kappa shape index (κ3) is 1.08. The first-order valence-electron chi connectivity index (χ1n) is 3.11. The van der Waals surface area contributed by atoms with Crippen LogP contribution in [0.25, 0.3) is 0 Å². The molecule has 0 aromatic heterocycles. The van der Waals surface area contributed by atoms with Crippen molar-refractivity contribution in [3.8, 4) is 6.07 Å². The van der Waals surface area contributed by atoms with Crippen molar-refractivity contribution in [2.45, 2.75) is 12.6 Å². The number of allylic oxidation sites excluding steroid dienone is 4. The molecule has 0 heterocycles. The van der Waals surface area contributed by atoms with Gasteiger partial charge in [-0.05, 0) is 13.0 Å². The van der Waals surface area contributed by atoms with Gasteiger partial charge < -0.3 is 0 Å². The second-order valence-corrected chi connectivity index (χ2v) is 2.50. The highest BCUT2D eigenvalue weighted by molar-refractivity contribution is 5.25. The number of hydrogen-bond donors (Lipinski definition) is 0. The second-order valence-electron chi connectivity index (χ2n) is 2.50. The summed E-state index contributed by atoms with van der Waals surface area (Å²) >= 11 is 0. The highest BCUT2D eigenvalue weighted by Crippen LogP contribution is 2.27. The predicted octanol–water partition coefficient (Wildman–Crippen LogP) is 1.98. The zero-order valence-electron chi connectivity index (χ0n) is 5.71. The second kappa shape index (κ2) is 2.26. The molecule has 0 amide bonds. The molecule has 2 unspecified atom stereocenters. The van der Waals surface area contributed by atoms with Crippen LogP contribution in [0.3, 0.4) is 0 Å². The predicted molar refractivity (Wildman–Crippen MR) is 36.9 cm³/mol. The summed E-state index contributed by atoms with van der Waals surface area (Å²) in [6.07, 6.45) is 6.28. The standard InChI is InChI=1S/C8H8FN/c1-8(9)5-3-2-4-7(8)6-10/h2-5,7H,1H3. The first-order valence-corrected chi connectivity index (χ1v) is 3.11. The summed E-state index contributed by atoms with van der Waals surface area (Å²) in [5.41, 5.74) is -1.48. The normalized spacial score (nSPS) is 37.5. The van der Waals surface area contributed by atoms with Crippen molar-refractivity contribution in [2.75, 3.05) is 0 Å². The van der Waals surface area contributed by atoms with Crippen LogP contribution >= 0.6 is 0 Å². The van der Waals surface area contributed by atoms with Gasteiger partial charge in [0.25, 0.3) is 0 Å². The summed E-state index contributed by atoms with van der Waals surface area (Å²) in [6.45, 7) is 1.40. The Morgan fingerprint density at radius 2 is 2.30 bits per heavy atom. The van der Waals surface area contributed by atoms with Crippen LogP contribution in [-0.2, 0) is 0 Å². The fourth-order valence-corrected chi connectivity index (χ4v) is 0.880. The lowest BCUT2D eigenvalue weighted by molar-refractivity contribution is 0.220. The van der Waals surface area contributed by atoms with E-state index >= 15 is 0 Å². The van der Waals surface area contributed by atoms with Crippen molar-refractivity contribution in [3.63, 3.8) is 0 Å². The van der Waals surface area contributed by atoms with Gasteiger partial charge in [-0.3, -0.25) is 0 Å². The molecule has 1 aliphatic carbocycles. The van der Waals surface area contributed by atoms with Gasteiger partial charge in [-0.2, -0.15) is 5.26 Å². The minimum absolute atomic E-state index is 0.627. The van der Waals surface area contributed by atoms with E-state index in [9.17, 15) is 4.39 Å². The van der Waals surface area contributed by atoms with Crippen LogP contribution < -0.4 is 0 Å². The smallest absolute Gasteiger partial charge is 0.145 e. The molecule has 1 aliphatic rings. The van der Waals surface area contributed by atoms with Gasteiger partial charge in [-0.1, -0.05) is 18.2 Å². The molecule has 10 heavy (non-hydrogen) atoms. The van der Waals surface area contributed by atoms with Gasteiger partial charge in [0.15, 0.2) is 0 Å². The Hall–Kier alpha value is -1.10. The summed E-state index contributed by atoms with van der Waals surface area (Å²) in [4.78, 5) is 0. The Morgan fingerprint density at radius 3 is 2.70 bits per heavy atom.